The van der Waals surface area contributed by atoms with Gasteiger partial charge in [-0.05, 0) is 37.7 Å². The summed E-state index contributed by atoms with van der Waals surface area (Å²) in [5.74, 6) is 0.883. The van der Waals surface area contributed by atoms with Crippen LogP contribution in [0.5, 0.6) is 0 Å². The lowest BCUT2D eigenvalue weighted by atomic mass is 10.1. The lowest BCUT2D eigenvalue weighted by molar-refractivity contribution is 0.0714. The smallest absolute Gasteiger partial charge is 0.245 e. The minimum Gasteiger partial charge on any atom is -0.338 e. The minimum absolute atomic E-state index is 0.00375. The second-order valence-corrected chi connectivity index (χ2v) is 5.82. The first-order chi connectivity index (χ1) is 11.1. The van der Waals surface area contributed by atoms with Gasteiger partial charge >= 0.3 is 0 Å². The van der Waals surface area contributed by atoms with Crippen molar-refractivity contribution in [3.63, 3.8) is 0 Å². The molecule has 1 aliphatic heterocycles. The van der Waals surface area contributed by atoms with Crippen LogP contribution < -0.4 is 0 Å². The van der Waals surface area contributed by atoms with Crippen molar-refractivity contribution < 1.29 is 8.91 Å². The van der Waals surface area contributed by atoms with E-state index in [0.717, 1.165) is 13.1 Å². The summed E-state index contributed by atoms with van der Waals surface area (Å²) in [6.07, 6.45) is 0. The quantitative estimate of drug-likeness (QED) is 0.861. The van der Waals surface area contributed by atoms with E-state index < -0.39 is 0 Å². The number of aromatic nitrogens is 2. The maximum absolute atomic E-state index is 13.5. The van der Waals surface area contributed by atoms with Gasteiger partial charge in [0, 0.05) is 26.2 Å². The lowest BCUT2D eigenvalue weighted by Gasteiger charge is -2.37. The third-order valence-electron chi connectivity index (χ3n) is 4.14. The van der Waals surface area contributed by atoms with Crippen molar-refractivity contribution in [1.29, 1.82) is 5.26 Å². The fourth-order valence-electron chi connectivity index (χ4n) is 2.83. The van der Waals surface area contributed by atoms with E-state index in [1.165, 1.54) is 18.2 Å². The van der Waals surface area contributed by atoms with Gasteiger partial charge in [0.1, 0.15) is 11.9 Å². The van der Waals surface area contributed by atoms with Crippen molar-refractivity contribution in [2.75, 3.05) is 26.7 Å². The van der Waals surface area contributed by atoms with Gasteiger partial charge in [-0.15, -0.1) is 0 Å². The molecular weight excluding hydrogens is 297 g/mol. The van der Waals surface area contributed by atoms with Crippen molar-refractivity contribution >= 4 is 0 Å². The summed E-state index contributed by atoms with van der Waals surface area (Å²) in [6.45, 7) is 4.68. The van der Waals surface area contributed by atoms with Crippen LogP contribution in [0.2, 0.25) is 0 Å². The molecule has 2 heterocycles. The van der Waals surface area contributed by atoms with Crippen LogP contribution in [-0.2, 0) is 6.54 Å². The monoisotopic (exact) mass is 315 g/mol. The van der Waals surface area contributed by atoms with Crippen molar-refractivity contribution in [3.05, 3.63) is 46.9 Å². The molecule has 23 heavy (non-hydrogen) atoms. The second-order valence-electron chi connectivity index (χ2n) is 5.82. The standard InChI is InChI=1S/C16H18FN5O/c1-11-19-16(23-20-11)15-10-22(6-5-21(15)2)9-13-7-14(17)4-3-12(13)8-18/h3-4,7,15H,5-6,9-10H2,1-2H3. The molecule has 1 unspecified atom stereocenters. The summed E-state index contributed by atoms with van der Waals surface area (Å²) in [5.41, 5.74) is 1.22. The average Bonchev–Trinajstić information content (AvgIpc) is 2.96. The first kappa shape index (κ1) is 15.6. The van der Waals surface area contributed by atoms with Crippen LogP contribution in [0.25, 0.3) is 0 Å². The lowest BCUT2D eigenvalue weighted by Crippen LogP contribution is -2.46. The summed E-state index contributed by atoms with van der Waals surface area (Å²) in [4.78, 5) is 8.66. The van der Waals surface area contributed by atoms with E-state index in [1.54, 1.807) is 6.92 Å². The predicted molar refractivity (Wildman–Crippen MR) is 80.8 cm³/mol. The van der Waals surface area contributed by atoms with Gasteiger partial charge < -0.3 is 4.52 Å². The Labute approximate surface area is 134 Å². The molecule has 0 aliphatic carbocycles. The molecule has 0 saturated carbocycles. The molecule has 6 nitrogen and oxygen atoms in total. The average molecular weight is 315 g/mol. The maximum Gasteiger partial charge on any atom is 0.245 e. The fourth-order valence-corrected chi connectivity index (χ4v) is 2.83. The number of nitriles is 1. The second kappa shape index (κ2) is 6.44. The third-order valence-corrected chi connectivity index (χ3v) is 4.14. The molecule has 2 aromatic rings. The third kappa shape index (κ3) is 3.38. The van der Waals surface area contributed by atoms with Crippen LogP contribution in [0.1, 0.15) is 28.9 Å². The molecule has 0 spiro atoms. The molecule has 7 heteroatoms. The number of hydrogen-bond donors (Lipinski definition) is 0. The molecule has 1 aromatic carbocycles. The Morgan fingerprint density at radius 2 is 2.26 bits per heavy atom. The fraction of sp³-hybridized carbons (Fsp3) is 0.438. The number of halogens is 1. The topological polar surface area (TPSA) is 69.2 Å². The van der Waals surface area contributed by atoms with E-state index >= 15 is 0 Å². The van der Waals surface area contributed by atoms with Crippen LogP contribution in [0.15, 0.2) is 22.7 Å². The summed E-state index contributed by atoms with van der Waals surface area (Å²) in [7, 11) is 2.02. The SMILES string of the molecule is Cc1noc(C2CN(Cc3cc(F)ccc3C#N)CCN2C)n1. The summed E-state index contributed by atoms with van der Waals surface area (Å²) >= 11 is 0. The van der Waals surface area contributed by atoms with E-state index in [2.05, 4.69) is 26.0 Å². The van der Waals surface area contributed by atoms with Gasteiger partial charge in [-0.2, -0.15) is 10.2 Å². The van der Waals surface area contributed by atoms with Gasteiger partial charge in [-0.25, -0.2) is 4.39 Å². The van der Waals surface area contributed by atoms with Crippen LogP contribution in [0, 0.1) is 24.1 Å². The first-order valence-electron chi connectivity index (χ1n) is 7.48. The molecule has 1 saturated heterocycles. The number of rotatable bonds is 3. The van der Waals surface area contributed by atoms with Gasteiger partial charge in [0.2, 0.25) is 5.89 Å². The molecule has 1 fully saturated rings. The van der Waals surface area contributed by atoms with E-state index in [0.29, 0.717) is 35.9 Å². The van der Waals surface area contributed by atoms with Crippen molar-refractivity contribution in [3.8, 4) is 6.07 Å². The molecule has 1 aromatic heterocycles. The molecule has 1 atom stereocenters. The van der Waals surface area contributed by atoms with Crippen molar-refractivity contribution in [2.45, 2.75) is 19.5 Å². The summed E-state index contributed by atoms with van der Waals surface area (Å²) < 4.78 is 18.8. The Morgan fingerprint density at radius 1 is 1.43 bits per heavy atom. The number of piperazine rings is 1. The van der Waals surface area contributed by atoms with Crippen LogP contribution in [0.3, 0.4) is 0 Å². The van der Waals surface area contributed by atoms with E-state index in [4.69, 9.17) is 4.52 Å². The Bertz CT molecular complexity index is 738. The maximum atomic E-state index is 13.5. The minimum atomic E-state index is -0.322. The number of benzene rings is 1. The van der Waals surface area contributed by atoms with Crippen molar-refractivity contribution in [1.82, 2.24) is 19.9 Å². The highest BCUT2D eigenvalue weighted by molar-refractivity contribution is 5.37. The van der Waals surface area contributed by atoms with E-state index in [9.17, 15) is 9.65 Å². The molecule has 1 aliphatic rings. The van der Waals surface area contributed by atoms with E-state index in [1.807, 2.05) is 7.05 Å². The molecular formula is C16H18FN5O. The predicted octanol–water partition coefficient (Wildman–Crippen LogP) is 1.88. The Balaban J connectivity index is 1.77. The Kier molecular flexibility index (Phi) is 4.37. The first-order valence-corrected chi connectivity index (χ1v) is 7.48. The highest BCUT2D eigenvalue weighted by Gasteiger charge is 2.30. The highest BCUT2D eigenvalue weighted by atomic mass is 19.1. The number of hydrogen-bond acceptors (Lipinski definition) is 6. The van der Waals surface area contributed by atoms with Gasteiger partial charge in [-0.1, -0.05) is 5.16 Å². The molecule has 0 amide bonds. The zero-order valence-corrected chi connectivity index (χ0v) is 13.2. The van der Waals surface area contributed by atoms with E-state index in [-0.39, 0.29) is 11.9 Å². The molecule has 0 N–H and O–H groups in total. The zero-order valence-electron chi connectivity index (χ0n) is 13.2. The number of nitrogens with zero attached hydrogens (tertiary/aromatic N) is 5. The molecule has 3 rings (SSSR count). The molecule has 120 valence electrons. The molecule has 0 radical (unpaired) electrons. The van der Waals surface area contributed by atoms with Gasteiger partial charge in [0.05, 0.1) is 11.6 Å². The van der Waals surface area contributed by atoms with Gasteiger partial charge in [0.25, 0.3) is 0 Å². The van der Waals surface area contributed by atoms with Crippen molar-refractivity contribution in [2.24, 2.45) is 0 Å². The van der Waals surface area contributed by atoms with Gasteiger partial charge in [0.15, 0.2) is 5.82 Å². The van der Waals surface area contributed by atoms with Gasteiger partial charge in [-0.3, -0.25) is 9.80 Å². The Hall–Kier alpha value is -2.30. The number of aryl methyl sites for hydroxylation is 1. The summed E-state index contributed by atoms with van der Waals surface area (Å²) in [6, 6.07) is 6.40. The Morgan fingerprint density at radius 3 is 2.96 bits per heavy atom. The van der Waals surface area contributed by atoms with Crippen LogP contribution in [0.4, 0.5) is 4.39 Å². The number of likely N-dealkylation sites (N-methyl/N-ethyl adjacent to an activating group) is 1. The normalized spacial score (nSPS) is 19.7. The largest absolute Gasteiger partial charge is 0.338 e. The van der Waals surface area contributed by atoms with Crippen LogP contribution >= 0.6 is 0 Å². The summed E-state index contributed by atoms with van der Waals surface area (Å²) in [5, 5.41) is 13.0. The van der Waals surface area contributed by atoms with Crippen LogP contribution in [-0.4, -0.2) is 46.6 Å². The zero-order chi connectivity index (χ0) is 16.4. The molecule has 0 bridgehead atoms. The highest BCUT2D eigenvalue weighted by Crippen LogP contribution is 2.24.